The SMILES string of the molecule is CC(C)[Si](OC1N=Cc2ccccc21)(C(C)C)C(C)C. The predicted molar refractivity (Wildman–Crippen MR) is 88.9 cm³/mol. The van der Waals surface area contributed by atoms with Crippen LogP contribution in [0.1, 0.15) is 58.9 Å². The number of aliphatic imine (C=N–C) groups is 1. The molecule has 1 aromatic rings. The molecule has 1 unspecified atom stereocenters. The van der Waals surface area contributed by atoms with Crippen LogP contribution in [0.4, 0.5) is 0 Å². The van der Waals surface area contributed by atoms with Crippen LogP contribution >= 0.6 is 0 Å². The molecule has 1 aromatic carbocycles. The van der Waals surface area contributed by atoms with Crippen LogP contribution in [0.2, 0.25) is 16.6 Å². The van der Waals surface area contributed by atoms with Gasteiger partial charge in [-0.25, -0.2) is 0 Å². The molecular formula is C17H27NOSi. The van der Waals surface area contributed by atoms with Gasteiger partial charge in [0.05, 0.1) is 0 Å². The van der Waals surface area contributed by atoms with Crippen LogP contribution in [0.15, 0.2) is 29.3 Å². The molecule has 110 valence electrons. The molecule has 1 aliphatic rings. The van der Waals surface area contributed by atoms with Gasteiger partial charge in [0.1, 0.15) is 0 Å². The lowest BCUT2D eigenvalue weighted by Crippen LogP contribution is -2.48. The van der Waals surface area contributed by atoms with Crippen molar-refractivity contribution in [2.45, 2.75) is 64.4 Å². The summed E-state index contributed by atoms with van der Waals surface area (Å²) in [7, 11) is -1.87. The summed E-state index contributed by atoms with van der Waals surface area (Å²) < 4.78 is 6.75. The highest BCUT2D eigenvalue weighted by Crippen LogP contribution is 2.46. The Morgan fingerprint density at radius 2 is 1.50 bits per heavy atom. The lowest BCUT2D eigenvalue weighted by molar-refractivity contribution is 0.189. The van der Waals surface area contributed by atoms with E-state index in [0.717, 1.165) is 0 Å². The summed E-state index contributed by atoms with van der Waals surface area (Å²) in [6.07, 6.45) is 1.87. The average Bonchev–Trinajstić information content (AvgIpc) is 2.77. The quantitative estimate of drug-likeness (QED) is 0.673. The Morgan fingerprint density at radius 1 is 0.950 bits per heavy atom. The van der Waals surface area contributed by atoms with E-state index in [2.05, 4.69) is 70.8 Å². The Balaban J connectivity index is 2.33. The predicted octanol–water partition coefficient (Wildman–Crippen LogP) is 5.31. The van der Waals surface area contributed by atoms with Crippen LogP contribution in [0.25, 0.3) is 0 Å². The zero-order valence-corrected chi connectivity index (χ0v) is 14.6. The molecule has 0 amide bonds. The number of benzene rings is 1. The molecule has 1 heterocycles. The Hall–Kier alpha value is -0.933. The molecule has 1 atom stereocenters. The van der Waals surface area contributed by atoms with Crippen LogP contribution in [0.3, 0.4) is 0 Å². The van der Waals surface area contributed by atoms with E-state index in [1.54, 1.807) is 0 Å². The van der Waals surface area contributed by atoms with Crippen molar-refractivity contribution in [1.82, 2.24) is 0 Å². The van der Waals surface area contributed by atoms with Gasteiger partial charge in [0.2, 0.25) is 8.32 Å². The van der Waals surface area contributed by atoms with Crippen LogP contribution in [0.5, 0.6) is 0 Å². The first-order valence-electron chi connectivity index (χ1n) is 7.69. The van der Waals surface area contributed by atoms with Crippen LogP contribution < -0.4 is 0 Å². The first-order chi connectivity index (χ1) is 9.39. The van der Waals surface area contributed by atoms with Crippen molar-refractivity contribution in [3.63, 3.8) is 0 Å². The molecule has 2 rings (SSSR count). The highest BCUT2D eigenvalue weighted by atomic mass is 28.4. The zero-order valence-electron chi connectivity index (χ0n) is 13.6. The lowest BCUT2D eigenvalue weighted by Gasteiger charge is -2.43. The third kappa shape index (κ3) is 2.49. The molecule has 2 nitrogen and oxygen atoms in total. The van der Waals surface area contributed by atoms with E-state index < -0.39 is 8.32 Å². The zero-order chi connectivity index (χ0) is 14.9. The van der Waals surface area contributed by atoms with Gasteiger partial charge in [-0.1, -0.05) is 65.8 Å². The molecule has 0 spiro atoms. The van der Waals surface area contributed by atoms with Gasteiger partial charge in [0, 0.05) is 17.3 Å². The van der Waals surface area contributed by atoms with Gasteiger partial charge < -0.3 is 4.43 Å². The van der Waals surface area contributed by atoms with Crippen molar-refractivity contribution >= 4 is 14.5 Å². The summed E-state index contributed by atoms with van der Waals surface area (Å²) in [5.41, 5.74) is 4.20. The monoisotopic (exact) mass is 289 g/mol. The summed E-state index contributed by atoms with van der Waals surface area (Å²) >= 11 is 0. The van der Waals surface area contributed by atoms with Gasteiger partial charge in [0.25, 0.3) is 0 Å². The molecule has 0 saturated heterocycles. The summed E-state index contributed by atoms with van der Waals surface area (Å²) in [6, 6.07) is 8.40. The maximum Gasteiger partial charge on any atom is 0.203 e. The molecule has 20 heavy (non-hydrogen) atoms. The number of fused-ring (bicyclic) bond motifs is 1. The summed E-state index contributed by atoms with van der Waals surface area (Å²) in [5.74, 6) is 0. The number of rotatable bonds is 5. The first kappa shape index (κ1) is 15.5. The van der Waals surface area contributed by atoms with E-state index in [1.165, 1.54) is 11.1 Å². The third-order valence-electron chi connectivity index (χ3n) is 4.63. The molecule has 0 saturated carbocycles. The Morgan fingerprint density at radius 3 is 2.05 bits per heavy atom. The van der Waals surface area contributed by atoms with Gasteiger partial charge in [0.15, 0.2) is 6.23 Å². The minimum atomic E-state index is -1.87. The second-order valence-electron chi connectivity index (χ2n) is 6.69. The number of hydrogen-bond acceptors (Lipinski definition) is 2. The van der Waals surface area contributed by atoms with Gasteiger partial charge in [-0.15, -0.1) is 0 Å². The Bertz CT molecular complexity index is 472. The molecule has 1 aliphatic heterocycles. The summed E-state index contributed by atoms with van der Waals surface area (Å²) in [6.45, 7) is 13.9. The van der Waals surface area contributed by atoms with Crippen molar-refractivity contribution in [2.24, 2.45) is 4.99 Å². The second-order valence-corrected chi connectivity index (χ2v) is 12.1. The van der Waals surface area contributed by atoms with Crippen molar-refractivity contribution in [1.29, 1.82) is 0 Å². The average molecular weight is 289 g/mol. The molecule has 0 aliphatic carbocycles. The fraction of sp³-hybridized carbons (Fsp3) is 0.588. The molecule has 0 aromatic heterocycles. The Kier molecular flexibility index (Phi) is 4.50. The van der Waals surface area contributed by atoms with E-state index in [-0.39, 0.29) is 6.23 Å². The van der Waals surface area contributed by atoms with Crippen LogP contribution in [0, 0.1) is 0 Å². The second kappa shape index (κ2) is 5.82. The Labute approximate surface area is 124 Å². The standard InChI is InChI=1S/C17H27NOSi/c1-12(2)20(13(3)4,14(5)6)19-17-16-10-8-7-9-15(16)11-18-17/h7-14,17H,1-6H3. The van der Waals surface area contributed by atoms with Gasteiger partial charge >= 0.3 is 0 Å². The van der Waals surface area contributed by atoms with Crippen molar-refractivity contribution in [2.75, 3.05) is 0 Å². The largest absolute Gasteiger partial charge is 0.391 e. The molecule has 0 N–H and O–H groups in total. The van der Waals surface area contributed by atoms with E-state index in [4.69, 9.17) is 4.43 Å². The molecule has 0 bridgehead atoms. The van der Waals surface area contributed by atoms with Gasteiger partial charge in [-0.3, -0.25) is 4.99 Å². The van der Waals surface area contributed by atoms with Gasteiger partial charge in [-0.2, -0.15) is 0 Å². The molecule has 0 fully saturated rings. The van der Waals surface area contributed by atoms with E-state index in [0.29, 0.717) is 16.6 Å². The van der Waals surface area contributed by atoms with Crippen molar-refractivity contribution < 1.29 is 4.43 Å². The molecular weight excluding hydrogens is 262 g/mol. The summed E-state index contributed by atoms with van der Waals surface area (Å²) in [4.78, 5) is 4.62. The molecule has 3 heteroatoms. The summed E-state index contributed by atoms with van der Waals surface area (Å²) in [5, 5.41) is 0. The maximum atomic E-state index is 6.75. The minimum Gasteiger partial charge on any atom is -0.391 e. The van der Waals surface area contributed by atoms with E-state index in [1.807, 2.05) is 6.21 Å². The minimum absolute atomic E-state index is 0.0925. The highest BCUT2D eigenvalue weighted by molar-refractivity contribution is 6.77. The third-order valence-corrected chi connectivity index (χ3v) is 10.7. The molecule has 0 radical (unpaired) electrons. The highest BCUT2D eigenvalue weighted by Gasteiger charge is 2.47. The van der Waals surface area contributed by atoms with E-state index in [9.17, 15) is 0 Å². The smallest absolute Gasteiger partial charge is 0.203 e. The van der Waals surface area contributed by atoms with Crippen LogP contribution in [-0.4, -0.2) is 14.5 Å². The van der Waals surface area contributed by atoms with Crippen LogP contribution in [-0.2, 0) is 4.43 Å². The van der Waals surface area contributed by atoms with Gasteiger partial charge in [-0.05, 0) is 16.6 Å². The normalized spacial score (nSPS) is 18.4. The van der Waals surface area contributed by atoms with Crippen molar-refractivity contribution in [3.05, 3.63) is 35.4 Å². The lowest BCUT2D eigenvalue weighted by atomic mass is 10.1. The van der Waals surface area contributed by atoms with Crippen molar-refractivity contribution in [3.8, 4) is 0 Å². The maximum absolute atomic E-state index is 6.75. The number of nitrogens with zero attached hydrogens (tertiary/aromatic N) is 1. The first-order valence-corrected chi connectivity index (χ1v) is 9.83. The topological polar surface area (TPSA) is 21.6 Å². The van der Waals surface area contributed by atoms with E-state index >= 15 is 0 Å². The fourth-order valence-corrected chi connectivity index (χ4v) is 9.17. The fourth-order valence-electron chi connectivity index (χ4n) is 3.78. The number of hydrogen-bond donors (Lipinski definition) is 0.